The Morgan fingerprint density at radius 3 is 2.57 bits per heavy atom. The van der Waals surface area contributed by atoms with Gasteiger partial charge in [-0.25, -0.2) is 0 Å². The molecule has 0 radical (unpaired) electrons. The van der Waals surface area contributed by atoms with Crippen LogP contribution in [0.1, 0.15) is 85.3 Å². The van der Waals surface area contributed by atoms with Gasteiger partial charge in [0.25, 0.3) is 0 Å². The summed E-state index contributed by atoms with van der Waals surface area (Å²) >= 11 is 0. The molecule has 23 heavy (non-hydrogen) atoms. The first-order chi connectivity index (χ1) is 12.8. The van der Waals surface area contributed by atoms with Gasteiger partial charge in [0.2, 0.25) is 0 Å². The minimum Gasteiger partial charge on any atom is -0.393 e. The van der Waals surface area contributed by atoms with Crippen molar-refractivity contribution in [2.24, 2.45) is 40.4 Å². The van der Waals surface area contributed by atoms with E-state index in [-0.39, 0.29) is 17.4 Å². The number of fused-ring (bicyclic) bond motifs is 5. The van der Waals surface area contributed by atoms with Crippen molar-refractivity contribution in [3.8, 4) is 0 Å². The zero-order chi connectivity index (χ0) is 20.8. The Morgan fingerprint density at radius 1 is 1.04 bits per heavy atom. The van der Waals surface area contributed by atoms with Gasteiger partial charge in [0.1, 0.15) is 5.78 Å². The minimum atomic E-state index is -2.72. The molecule has 2 nitrogen and oxygen atoms in total. The number of aliphatic hydroxyl groups is 1. The van der Waals surface area contributed by atoms with Crippen LogP contribution in [0.2, 0.25) is 0 Å². The van der Waals surface area contributed by atoms with Gasteiger partial charge in [-0.2, -0.15) is 0 Å². The topological polar surface area (TPSA) is 37.3 Å². The zero-order valence-corrected chi connectivity index (χ0v) is 14.5. The molecule has 0 saturated heterocycles. The van der Waals surface area contributed by atoms with E-state index in [1.54, 1.807) is 0 Å². The molecule has 4 saturated carbocycles. The molecule has 4 aliphatic carbocycles. The van der Waals surface area contributed by atoms with Crippen molar-refractivity contribution in [2.75, 3.05) is 0 Å². The Labute approximate surface area is 148 Å². The molecule has 0 aliphatic heterocycles. The van der Waals surface area contributed by atoms with Crippen LogP contribution in [-0.2, 0) is 4.79 Å². The van der Waals surface area contributed by atoms with Crippen LogP contribution in [-0.4, -0.2) is 17.0 Å². The molecule has 0 heterocycles. The molecule has 0 aromatic heterocycles. The van der Waals surface area contributed by atoms with Crippen LogP contribution in [0.5, 0.6) is 0 Å². The van der Waals surface area contributed by atoms with Gasteiger partial charge in [-0.1, -0.05) is 13.8 Å². The summed E-state index contributed by atoms with van der Waals surface area (Å²) < 4.78 is 41.0. The number of ketones is 1. The Balaban J connectivity index is 1.67. The van der Waals surface area contributed by atoms with Crippen LogP contribution in [0.15, 0.2) is 0 Å². The van der Waals surface area contributed by atoms with Crippen LogP contribution >= 0.6 is 0 Å². The Hall–Kier alpha value is -0.370. The van der Waals surface area contributed by atoms with E-state index in [1.807, 2.05) is 6.92 Å². The van der Waals surface area contributed by atoms with Crippen LogP contribution in [0.25, 0.3) is 0 Å². The molecule has 0 unspecified atom stereocenters. The van der Waals surface area contributed by atoms with Crippen molar-refractivity contribution in [1.82, 2.24) is 0 Å². The molecule has 0 amide bonds. The Morgan fingerprint density at radius 2 is 1.78 bits per heavy atom. The van der Waals surface area contributed by atoms with Crippen LogP contribution in [0.3, 0.4) is 0 Å². The van der Waals surface area contributed by atoms with Crippen molar-refractivity contribution < 1.29 is 16.8 Å². The van der Waals surface area contributed by atoms with Gasteiger partial charge < -0.3 is 5.11 Å². The third-order valence-corrected chi connectivity index (χ3v) is 8.38. The highest BCUT2D eigenvalue weighted by molar-refractivity contribution is 5.79. The number of carbonyl (C=O) groups is 1. The molecular formula is C21H34O2. The number of hydrogen-bond acceptors (Lipinski definition) is 2. The van der Waals surface area contributed by atoms with Gasteiger partial charge in [-0.3, -0.25) is 4.79 Å². The third kappa shape index (κ3) is 2.19. The molecule has 130 valence electrons. The summed E-state index contributed by atoms with van der Waals surface area (Å²) in [7, 11) is 0. The first-order valence-electron chi connectivity index (χ1n) is 12.0. The molecule has 1 N–H and O–H groups in total. The summed E-state index contributed by atoms with van der Waals surface area (Å²) in [6, 6.07) is 0. The van der Waals surface area contributed by atoms with Gasteiger partial charge in [-0.15, -0.1) is 0 Å². The van der Waals surface area contributed by atoms with E-state index in [9.17, 15) is 9.90 Å². The smallest absolute Gasteiger partial charge is 0.133 e. The second-order valence-corrected chi connectivity index (χ2v) is 9.14. The lowest BCUT2D eigenvalue weighted by Gasteiger charge is -2.60. The first kappa shape index (κ1) is 11.3. The van der Waals surface area contributed by atoms with Crippen LogP contribution < -0.4 is 0 Å². The number of aliphatic hydroxyl groups excluding tert-OH is 1. The summed E-state index contributed by atoms with van der Waals surface area (Å²) in [5, 5.41) is 10.2. The predicted octanol–water partition coefficient (Wildman–Crippen LogP) is 4.60. The standard InChI is InChI=1S/C21H34O2/c1-13(22)17-6-7-18-16-5-4-14-12-15(23)8-10-20(14,2)19(16)9-11-21(17,18)3/h14-19,23H,4-12H2,1-3H3/t14-,15+,16+,17-,18+,19+,20+,21-/m1/s1/i1D3,14D,17D. The van der Waals surface area contributed by atoms with E-state index in [0.717, 1.165) is 38.5 Å². The maximum absolute atomic E-state index is 12.8. The molecular weight excluding hydrogens is 284 g/mol. The maximum Gasteiger partial charge on any atom is 0.133 e. The number of Topliss-reactive ketones (excluding diaryl/α,β-unsaturated/α-hetero) is 1. The fourth-order valence-electron chi connectivity index (χ4n) is 7.11. The zero-order valence-electron chi connectivity index (χ0n) is 19.5. The molecule has 0 aromatic carbocycles. The molecule has 0 aromatic rings. The highest BCUT2D eigenvalue weighted by Crippen LogP contribution is 2.67. The van der Waals surface area contributed by atoms with E-state index in [2.05, 4.69) is 6.92 Å². The largest absolute Gasteiger partial charge is 0.393 e. The Kier molecular flexibility index (Phi) is 2.61. The van der Waals surface area contributed by atoms with Crippen molar-refractivity contribution in [3.63, 3.8) is 0 Å². The average Bonchev–Trinajstić information content (AvgIpc) is 2.87. The first-order valence-corrected chi connectivity index (χ1v) is 9.52. The van der Waals surface area contributed by atoms with Crippen LogP contribution in [0.4, 0.5) is 0 Å². The van der Waals surface area contributed by atoms with Gasteiger partial charge in [0.15, 0.2) is 0 Å². The lowest BCUT2D eigenvalue weighted by atomic mass is 9.44. The lowest BCUT2D eigenvalue weighted by molar-refractivity contribution is -0.138. The van der Waals surface area contributed by atoms with Gasteiger partial charge in [0.05, 0.1) is 6.10 Å². The predicted molar refractivity (Wildman–Crippen MR) is 91.9 cm³/mol. The second-order valence-electron chi connectivity index (χ2n) is 9.14. The van der Waals surface area contributed by atoms with E-state index in [1.165, 1.54) is 0 Å². The van der Waals surface area contributed by atoms with E-state index < -0.39 is 29.8 Å². The summed E-state index contributed by atoms with van der Waals surface area (Å²) in [5.41, 5.74) is -0.732. The second kappa shape index (κ2) is 5.31. The summed E-state index contributed by atoms with van der Waals surface area (Å²) in [6.07, 6.45) is 6.09. The summed E-state index contributed by atoms with van der Waals surface area (Å²) in [4.78, 5) is 12.8. The SMILES string of the molecule is [2H]C([2H])([2H])C(=O)[C@@]1([2H])CC[C@H]2[C@@H]3CC[C@]4([2H])C[C@@H](O)CC[C@]4(C)[C@H]3CC[C@@]21C. The van der Waals surface area contributed by atoms with Crippen molar-refractivity contribution >= 4 is 5.78 Å². The normalized spacial score (nSPS) is 65.8. The van der Waals surface area contributed by atoms with E-state index in [4.69, 9.17) is 6.85 Å². The quantitative estimate of drug-likeness (QED) is 0.766. The molecule has 8 atom stereocenters. The van der Waals surface area contributed by atoms with Gasteiger partial charge in [-0.05, 0) is 99.1 Å². The Bertz CT molecular complexity index is 680. The molecule has 0 bridgehead atoms. The van der Waals surface area contributed by atoms with Crippen molar-refractivity contribution in [3.05, 3.63) is 0 Å². The molecule has 4 rings (SSSR count). The number of hydrogen-bond donors (Lipinski definition) is 1. The fraction of sp³-hybridized carbons (Fsp3) is 0.952. The van der Waals surface area contributed by atoms with Gasteiger partial charge in [0, 0.05) is 12.7 Å². The average molecular weight is 324 g/mol. The number of rotatable bonds is 1. The third-order valence-electron chi connectivity index (χ3n) is 8.38. The lowest BCUT2D eigenvalue weighted by Crippen LogP contribution is -2.54. The maximum atomic E-state index is 12.8. The fourth-order valence-corrected chi connectivity index (χ4v) is 7.11. The molecule has 4 aliphatic rings. The monoisotopic (exact) mass is 323 g/mol. The number of carbonyl (C=O) groups excluding carboxylic acids is 1. The highest BCUT2D eigenvalue weighted by Gasteiger charge is 2.60. The van der Waals surface area contributed by atoms with Crippen molar-refractivity contribution in [2.45, 2.75) is 84.6 Å². The highest BCUT2D eigenvalue weighted by atomic mass is 16.3. The van der Waals surface area contributed by atoms with E-state index in [0.29, 0.717) is 31.1 Å². The summed E-state index contributed by atoms with van der Waals surface area (Å²) in [5.74, 6) is -2.08. The molecule has 2 heteroatoms. The molecule has 4 fully saturated rings. The minimum absolute atomic E-state index is 0.141. The summed E-state index contributed by atoms with van der Waals surface area (Å²) in [6.45, 7) is 1.51. The van der Waals surface area contributed by atoms with E-state index >= 15 is 0 Å². The van der Waals surface area contributed by atoms with Crippen LogP contribution in [0, 0.1) is 40.4 Å². The van der Waals surface area contributed by atoms with Gasteiger partial charge >= 0.3 is 0 Å². The van der Waals surface area contributed by atoms with Crippen molar-refractivity contribution in [1.29, 1.82) is 0 Å². The molecule has 0 spiro atoms.